The van der Waals surface area contributed by atoms with E-state index < -0.39 is 0 Å². The molecule has 2 unspecified atom stereocenters. The zero-order chi connectivity index (χ0) is 39.1. The maximum atomic E-state index is 5.06. The Hall–Kier alpha value is -6.84. The van der Waals surface area contributed by atoms with Crippen molar-refractivity contribution in [3.63, 3.8) is 0 Å². The maximum absolute atomic E-state index is 5.06. The lowest BCUT2D eigenvalue weighted by molar-refractivity contribution is 0.490. The number of aromatic nitrogens is 2. The summed E-state index contributed by atoms with van der Waals surface area (Å²) >= 11 is 0. The number of nitrogens with zero attached hydrogens (tertiary/aromatic N) is 3. The van der Waals surface area contributed by atoms with E-state index >= 15 is 0 Å². The SMILES string of the molecule is CCC1(CC)c2cc(/C=C/C3=CC4C=CC=CC4C=C3c3ccc(-c4ccccc4)cc3)ccc2-c2ccc(N(c3ccccc3)c3ncc4ccccc4n3)cc21. The van der Waals surface area contributed by atoms with Gasteiger partial charge in [0.1, 0.15) is 0 Å². The molecule has 280 valence electrons. The Morgan fingerprint density at radius 3 is 1.98 bits per heavy atom. The van der Waals surface area contributed by atoms with Crippen LogP contribution >= 0.6 is 0 Å². The smallest absolute Gasteiger partial charge is 0.235 e. The molecule has 7 aromatic rings. The first-order chi connectivity index (χ1) is 28.6. The lowest BCUT2D eigenvalue weighted by atomic mass is 9.73. The molecular formula is C55H45N3. The number of rotatable bonds is 9. The van der Waals surface area contributed by atoms with Crippen molar-refractivity contribution < 1.29 is 0 Å². The summed E-state index contributed by atoms with van der Waals surface area (Å²) < 4.78 is 0. The van der Waals surface area contributed by atoms with E-state index in [9.17, 15) is 0 Å². The van der Waals surface area contributed by atoms with Gasteiger partial charge >= 0.3 is 0 Å². The summed E-state index contributed by atoms with van der Waals surface area (Å²) in [6.45, 7) is 4.68. The lowest BCUT2D eigenvalue weighted by Gasteiger charge is -2.31. The van der Waals surface area contributed by atoms with Gasteiger partial charge in [0.2, 0.25) is 5.95 Å². The quantitative estimate of drug-likeness (QED) is 0.147. The highest BCUT2D eigenvalue weighted by molar-refractivity contribution is 5.89. The number of hydrogen-bond acceptors (Lipinski definition) is 3. The van der Waals surface area contributed by atoms with Crippen LogP contribution in [0.1, 0.15) is 48.9 Å². The molecule has 10 rings (SSSR count). The van der Waals surface area contributed by atoms with E-state index in [1.165, 1.54) is 55.7 Å². The van der Waals surface area contributed by atoms with Crippen LogP contribution in [-0.4, -0.2) is 9.97 Å². The summed E-state index contributed by atoms with van der Waals surface area (Å²) in [5, 5.41) is 1.03. The number of hydrogen-bond donors (Lipinski definition) is 0. The van der Waals surface area contributed by atoms with E-state index in [-0.39, 0.29) is 5.41 Å². The van der Waals surface area contributed by atoms with Crippen LogP contribution in [0.5, 0.6) is 0 Å². The molecule has 0 N–H and O–H groups in total. The number of benzene rings is 6. The summed E-state index contributed by atoms with van der Waals surface area (Å²) in [5.74, 6) is 1.37. The average Bonchev–Trinajstić information content (AvgIpc) is 3.57. The second-order valence-corrected chi connectivity index (χ2v) is 15.6. The zero-order valence-corrected chi connectivity index (χ0v) is 33.0. The Balaban J connectivity index is 1.01. The molecule has 0 fully saturated rings. The van der Waals surface area contributed by atoms with Crippen LogP contribution in [0.15, 0.2) is 200 Å². The molecular weight excluding hydrogens is 703 g/mol. The van der Waals surface area contributed by atoms with Gasteiger partial charge in [-0.15, -0.1) is 0 Å². The third-order valence-corrected chi connectivity index (χ3v) is 12.5. The van der Waals surface area contributed by atoms with E-state index in [4.69, 9.17) is 9.97 Å². The predicted molar refractivity (Wildman–Crippen MR) is 243 cm³/mol. The highest BCUT2D eigenvalue weighted by atomic mass is 15.3. The summed E-state index contributed by atoms with van der Waals surface area (Å²) in [6.07, 6.45) is 22.5. The molecule has 3 heteroatoms. The molecule has 0 spiro atoms. The van der Waals surface area contributed by atoms with Crippen LogP contribution in [0, 0.1) is 11.8 Å². The van der Waals surface area contributed by atoms with Crippen molar-refractivity contribution in [3.8, 4) is 22.3 Å². The van der Waals surface area contributed by atoms with Crippen LogP contribution in [-0.2, 0) is 5.41 Å². The van der Waals surface area contributed by atoms with E-state index in [1.54, 1.807) is 0 Å². The standard InChI is InChI=1S/C55H45N3/c1-3-55(4-2)51-33-38(23-25-44-34-42-17-11-12-18-43(42)35-50(44)41-28-26-40(27-29-41)39-15-7-5-8-16-39)24-31-48(51)49-32-30-47(36-52(49)55)58(46-20-9-6-10-21-46)54-56-37-45-19-13-14-22-53(45)57-54/h5-37,42-43H,3-4H2,1-2H3/b25-23+. The van der Waals surface area contributed by atoms with Gasteiger partial charge in [-0.2, -0.15) is 0 Å². The molecule has 0 saturated carbocycles. The molecule has 1 aromatic heterocycles. The van der Waals surface area contributed by atoms with Gasteiger partial charge in [0, 0.05) is 40.2 Å². The topological polar surface area (TPSA) is 29.0 Å². The molecule has 0 bridgehead atoms. The number of fused-ring (bicyclic) bond motifs is 5. The van der Waals surface area contributed by atoms with Crippen molar-refractivity contribution in [2.75, 3.05) is 4.90 Å². The number of para-hydroxylation sites is 2. The van der Waals surface area contributed by atoms with E-state index in [2.05, 4.69) is 201 Å². The van der Waals surface area contributed by atoms with Crippen LogP contribution < -0.4 is 4.90 Å². The fraction of sp³-hybridized carbons (Fsp3) is 0.127. The molecule has 0 amide bonds. The van der Waals surface area contributed by atoms with Gasteiger partial charge in [0.05, 0.1) is 5.52 Å². The van der Waals surface area contributed by atoms with Crippen molar-refractivity contribution in [1.29, 1.82) is 0 Å². The molecule has 0 radical (unpaired) electrons. The number of anilines is 3. The second-order valence-electron chi connectivity index (χ2n) is 15.6. The van der Waals surface area contributed by atoms with Gasteiger partial charge < -0.3 is 0 Å². The minimum Gasteiger partial charge on any atom is -0.279 e. The molecule has 0 saturated heterocycles. The van der Waals surface area contributed by atoms with E-state index in [0.29, 0.717) is 17.8 Å². The lowest BCUT2D eigenvalue weighted by Crippen LogP contribution is -2.23. The second kappa shape index (κ2) is 14.9. The predicted octanol–water partition coefficient (Wildman–Crippen LogP) is 14.2. The van der Waals surface area contributed by atoms with E-state index in [1.807, 2.05) is 18.3 Å². The highest BCUT2D eigenvalue weighted by Gasteiger charge is 2.41. The fourth-order valence-electron chi connectivity index (χ4n) is 9.41. The first-order valence-electron chi connectivity index (χ1n) is 20.6. The Kier molecular flexibility index (Phi) is 9.14. The average molecular weight is 748 g/mol. The number of allylic oxidation sites excluding steroid dienone is 9. The van der Waals surface area contributed by atoms with Gasteiger partial charge in [-0.3, -0.25) is 4.90 Å². The van der Waals surface area contributed by atoms with Crippen LogP contribution in [0.25, 0.3) is 44.8 Å². The van der Waals surface area contributed by atoms with Gasteiger partial charge in [-0.05, 0) is 98.8 Å². The van der Waals surface area contributed by atoms with Gasteiger partial charge in [0.15, 0.2) is 0 Å². The monoisotopic (exact) mass is 747 g/mol. The summed E-state index contributed by atoms with van der Waals surface area (Å²) in [7, 11) is 0. The third kappa shape index (κ3) is 6.24. The van der Waals surface area contributed by atoms with Gasteiger partial charge in [0.25, 0.3) is 0 Å². The third-order valence-electron chi connectivity index (χ3n) is 12.5. The molecule has 58 heavy (non-hydrogen) atoms. The Morgan fingerprint density at radius 1 is 0.586 bits per heavy atom. The van der Waals surface area contributed by atoms with Crippen molar-refractivity contribution in [2.45, 2.75) is 32.1 Å². The van der Waals surface area contributed by atoms with Crippen LogP contribution in [0.2, 0.25) is 0 Å². The van der Waals surface area contributed by atoms with Crippen molar-refractivity contribution in [3.05, 3.63) is 222 Å². The van der Waals surface area contributed by atoms with Crippen molar-refractivity contribution in [2.24, 2.45) is 11.8 Å². The summed E-state index contributed by atoms with van der Waals surface area (Å²) in [6, 6.07) is 52.4. The normalized spacial score (nSPS) is 17.4. The minimum atomic E-state index is -0.126. The summed E-state index contributed by atoms with van der Waals surface area (Å²) in [4.78, 5) is 12.2. The Labute approximate surface area is 341 Å². The Morgan fingerprint density at radius 2 is 1.22 bits per heavy atom. The van der Waals surface area contributed by atoms with Crippen molar-refractivity contribution >= 4 is 39.9 Å². The highest BCUT2D eigenvalue weighted by Crippen LogP contribution is 2.54. The van der Waals surface area contributed by atoms with Crippen LogP contribution in [0.3, 0.4) is 0 Å². The molecule has 3 aliphatic carbocycles. The molecule has 3 nitrogen and oxygen atoms in total. The zero-order valence-electron chi connectivity index (χ0n) is 33.0. The molecule has 6 aromatic carbocycles. The molecule has 2 atom stereocenters. The van der Waals surface area contributed by atoms with E-state index in [0.717, 1.165) is 35.1 Å². The minimum absolute atomic E-state index is 0.126. The molecule has 3 aliphatic rings. The largest absolute Gasteiger partial charge is 0.279 e. The van der Waals surface area contributed by atoms with Crippen LogP contribution in [0.4, 0.5) is 17.3 Å². The first kappa shape index (κ1) is 35.6. The maximum Gasteiger partial charge on any atom is 0.235 e. The fourth-order valence-corrected chi connectivity index (χ4v) is 9.41. The summed E-state index contributed by atoms with van der Waals surface area (Å²) in [5.41, 5.74) is 15.8. The van der Waals surface area contributed by atoms with Gasteiger partial charge in [-0.25, -0.2) is 9.97 Å². The van der Waals surface area contributed by atoms with Crippen molar-refractivity contribution in [1.82, 2.24) is 9.97 Å². The Bertz CT molecular complexity index is 2800. The molecule has 1 heterocycles. The first-order valence-corrected chi connectivity index (χ1v) is 20.6. The molecule has 0 aliphatic heterocycles. The van der Waals surface area contributed by atoms with Gasteiger partial charge in [-0.1, -0.05) is 178 Å².